The number of carbonyl (C=O) groups excluding carboxylic acids is 2. The first-order valence-corrected chi connectivity index (χ1v) is 7.40. The molecule has 0 radical (unpaired) electrons. The lowest BCUT2D eigenvalue weighted by atomic mass is 10.1. The molecule has 2 aromatic carbocycles. The van der Waals surface area contributed by atoms with Crippen molar-refractivity contribution >= 4 is 17.6 Å². The molecule has 0 aliphatic carbocycles. The summed E-state index contributed by atoms with van der Waals surface area (Å²) in [5.74, 6) is -1.56. The van der Waals surface area contributed by atoms with Crippen LogP contribution in [0, 0.1) is 11.3 Å². The minimum atomic E-state index is -4.51. The molecule has 1 atom stereocenters. The molecule has 134 valence electrons. The Morgan fingerprint density at radius 3 is 2.38 bits per heavy atom. The summed E-state index contributed by atoms with van der Waals surface area (Å²) in [5.41, 5.74) is -0.301. The highest BCUT2D eigenvalue weighted by Gasteiger charge is 2.30. The average molecular weight is 362 g/mol. The molecule has 0 aliphatic heterocycles. The molecule has 2 aromatic rings. The molecule has 8 heteroatoms. The molecule has 0 fully saturated rings. The first-order chi connectivity index (χ1) is 12.2. The number of nitriles is 1. The average Bonchev–Trinajstić information content (AvgIpc) is 2.61. The van der Waals surface area contributed by atoms with Crippen molar-refractivity contribution in [2.45, 2.75) is 19.2 Å². The Morgan fingerprint density at radius 2 is 1.81 bits per heavy atom. The van der Waals surface area contributed by atoms with Gasteiger partial charge in [-0.25, -0.2) is 4.79 Å². The van der Waals surface area contributed by atoms with Crippen LogP contribution in [0.15, 0.2) is 48.5 Å². The normalized spacial score (nSPS) is 12.0. The monoisotopic (exact) mass is 362 g/mol. The zero-order chi connectivity index (χ0) is 19.3. The second-order valence-electron chi connectivity index (χ2n) is 5.30. The van der Waals surface area contributed by atoms with Crippen LogP contribution < -0.4 is 5.32 Å². The summed E-state index contributed by atoms with van der Waals surface area (Å²) in [6, 6.07) is 11.5. The third-order valence-corrected chi connectivity index (χ3v) is 3.36. The number of hydrogen-bond acceptors (Lipinski definition) is 4. The van der Waals surface area contributed by atoms with Crippen molar-refractivity contribution in [2.75, 3.05) is 5.32 Å². The van der Waals surface area contributed by atoms with Gasteiger partial charge in [0.2, 0.25) is 0 Å². The Hall–Kier alpha value is -3.34. The van der Waals surface area contributed by atoms with Crippen LogP contribution in [-0.2, 0) is 15.7 Å². The highest BCUT2D eigenvalue weighted by molar-refractivity contribution is 5.97. The van der Waals surface area contributed by atoms with E-state index in [-0.39, 0.29) is 5.56 Å². The number of amides is 1. The number of hydrogen-bond donors (Lipinski definition) is 1. The van der Waals surface area contributed by atoms with E-state index in [1.165, 1.54) is 13.0 Å². The molecule has 0 heterocycles. The summed E-state index contributed by atoms with van der Waals surface area (Å²) in [7, 11) is 0. The smallest absolute Gasteiger partial charge is 0.416 e. The molecule has 0 spiro atoms. The van der Waals surface area contributed by atoms with Gasteiger partial charge in [-0.1, -0.05) is 6.07 Å². The van der Waals surface area contributed by atoms with E-state index in [9.17, 15) is 22.8 Å². The fourth-order valence-electron chi connectivity index (χ4n) is 1.99. The second-order valence-corrected chi connectivity index (χ2v) is 5.30. The molecular formula is C18H13F3N2O3. The number of esters is 1. The van der Waals surface area contributed by atoms with Crippen LogP contribution in [0.1, 0.15) is 28.4 Å². The molecule has 26 heavy (non-hydrogen) atoms. The molecule has 2 rings (SSSR count). The van der Waals surface area contributed by atoms with Crippen LogP contribution >= 0.6 is 0 Å². The fraction of sp³-hybridized carbons (Fsp3) is 0.167. The number of anilines is 1. The second kappa shape index (κ2) is 7.70. The van der Waals surface area contributed by atoms with Crippen LogP contribution in [0.2, 0.25) is 0 Å². The lowest BCUT2D eigenvalue weighted by Gasteiger charge is -2.14. The highest BCUT2D eigenvalue weighted by atomic mass is 19.4. The van der Waals surface area contributed by atoms with Gasteiger partial charge in [-0.3, -0.25) is 4.79 Å². The molecule has 0 saturated carbocycles. The van der Waals surface area contributed by atoms with Gasteiger partial charge in [0.15, 0.2) is 6.10 Å². The Bertz CT molecular complexity index is 855. The predicted molar refractivity (Wildman–Crippen MR) is 86.1 cm³/mol. The van der Waals surface area contributed by atoms with Crippen molar-refractivity contribution in [3.63, 3.8) is 0 Å². The van der Waals surface area contributed by atoms with Crippen molar-refractivity contribution in [3.8, 4) is 6.07 Å². The van der Waals surface area contributed by atoms with Crippen LogP contribution in [0.4, 0.5) is 18.9 Å². The molecule has 1 unspecified atom stereocenters. The topological polar surface area (TPSA) is 79.2 Å². The Morgan fingerprint density at radius 1 is 1.15 bits per heavy atom. The summed E-state index contributed by atoms with van der Waals surface area (Å²) >= 11 is 0. The third kappa shape index (κ3) is 4.83. The summed E-state index contributed by atoms with van der Waals surface area (Å²) in [6.07, 6.45) is -5.69. The van der Waals surface area contributed by atoms with Gasteiger partial charge in [-0.15, -0.1) is 0 Å². The summed E-state index contributed by atoms with van der Waals surface area (Å²) in [4.78, 5) is 24.0. The number of nitrogens with zero attached hydrogens (tertiary/aromatic N) is 1. The van der Waals surface area contributed by atoms with Gasteiger partial charge < -0.3 is 10.1 Å². The maximum Gasteiger partial charge on any atom is 0.416 e. The highest BCUT2D eigenvalue weighted by Crippen LogP contribution is 2.29. The maximum absolute atomic E-state index is 12.5. The summed E-state index contributed by atoms with van der Waals surface area (Å²) < 4.78 is 42.5. The first-order valence-electron chi connectivity index (χ1n) is 7.40. The number of halogens is 3. The zero-order valence-corrected chi connectivity index (χ0v) is 13.5. The number of alkyl halides is 3. The zero-order valence-electron chi connectivity index (χ0n) is 13.5. The van der Waals surface area contributed by atoms with Crippen LogP contribution in [0.3, 0.4) is 0 Å². The number of ether oxygens (including phenoxy) is 1. The molecule has 0 saturated heterocycles. The third-order valence-electron chi connectivity index (χ3n) is 3.36. The molecule has 0 bridgehead atoms. The van der Waals surface area contributed by atoms with E-state index in [4.69, 9.17) is 10.00 Å². The minimum Gasteiger partial charge on any atom is -0.449 e. The van der Waals surface area contributed by atoms with Crippen molar-refractivity contribution < 1.29 is 27.5 Å². The van der Waals surface area contributed by atoms with E-state index in [0.717, 1.165) is 24.3 Å². The van der Waals surface area contributed by atoms with E-state index < -0.39 is 29.7 Å². The molecule has 0 aromatic heterocycles. The molecule has 1 amide bonds. The van der Waals surface area contributed by atoms with Gasteiger partial charge >= 0.3 is 12.1 Å². The quantitative estimate of drug-likeness (QED) is 0.840. The van der Waals surface area contributed by atoms with Gasteiger partial charge in [0, 0.05) is 5.69 Å². The molecule has 5 nitrogen and oxygen atoms in total. The van der Waals surface area contributed by atoms with Crippen molar-refractivity contribution in [1.82, 2.24) is 0 Å². The predicted octanol–water partition coefficient (Wildman–Crippen LogP) is 3.76. The van der Waals surface area contributed by atoms with Crippen molar-refractivity contribution in [2.24, 2.45) is 0 Å². The Labute approximate surface area is 147 Å². The van der Waals surface area contributed by atoms with Gasteiger partial charge in [0.05, 0.1) is 22.8 Å². The number of nitrogens with one attached hydrogen (secondary N) is 1. The van der Waals surface area contributed by atoms with E-state index in [0.29, 0.717) is 11.3 Å². The number of carbonyl (C=O) groups is 2. The van der Waals surface area contributed by atoms with Gasteiger partial charge in [-0.2, -0.15) is 18.4 Å². The van der Waals surface area contributed by atoms with E-state index in [2.05, 4.69) is 5.32 Å². The lowest BCUT2D eigenvalue weighted by molar-refractivity contribution is -0.137. The van der Waals surface area contributed by atoms with Crippen LogP contribution in [-0.4, -0.2) is 18.0 Å². The van der Waals surface area contributed by atoms with Gasteiger partial charge in [-0.05, 0) is 49.4 Å². The Balaban J connectivity index is 1.99. The van der Waals surface area contributed by atoms with Gasteiger partial charge in [0.1, 0.15) is 0 Å². The molecule has 1 N–H and O–H groups in total. The summed E-state index contributed by atoms with van der Waals surface area (Å²) in [6.45, 7) is 1.32. The van der Waals surface area contributed by atoms with Crippen molar-refractivity contribution in [1.29, 1.82) is 5.26 Å². The first kappa shape index (κ1) is 19.0. The van der Waals surface area contributed by atoms with Crippen molar-refractivity contribution in [3.05, 3.63) is 65.2 Å². The van der Waals surface area contributed by atoms with Crippen LogP contribution in [0.25, 0.3) is 0 Å². The van der Waals surface area contributed by atoms with E-state index >= 15 is 0 Å². The molecular weight excluding hydrogens is 349 g/mol. The lowest BCUT2D eigenvalue weighted by Crippen LogP contribution is -2.30. The minimum absolute atomic E-state index is 0.107. The standard InChI is InChI=1S/C18H13F3N2O3/c1-11(16(24)23-15-4-2-3-12(9-15)10-22)26-17(25)13-5-7-14(8-6-13)18(19,20)21/h2-9,11H,1H3,(H,23,24). The maximum atomic E-state index is 12.5. The van der Waals surface area contributed by atoms with Crippen LogP contribution in [0.5, 0.6) is 0 Å². The fourth-order valence-corrected chi connectivity index (χ4v) is 1.99. The van der Waals surface area contributed by atoms with Gasteiger partial charge in [0.25, 0.3) is 5.91 Å². The molecule has 0 aliphatic rings. The van der Waals surface area contributed by atoms with E-state index in [1.807, 2.05) is 6.07 Å². The number of benzene rings is 2. The Kier molecular flexibility index (Phi) is 5.62. The number of rotatable bonds is 4. The SMILES string of the molecule is CC(OC(=O)c1ccc(C(F)(F)F)cc1)C(=O)Nc1cccc(C#N)c1. The largest absolute Gasteiger partial charge is 0.449 e. The van der Waals surface area contributed by atoms with E-state index in [1.54, 1.807) is 18.2 Å². The summed E-state index contributed by atoms with van der Waals surface area (Å²) in [5, 5.41) is 11.3.